The molecule has 1 heteroatoms. The summed E-state index contributed by atoms with van der Waals surface area (Å²) >= 11 is 0. The molecule has 0 atom stereocenters. The van der Waals surface area contributed by atoms with Crippen molar-refractivity contribution in [2.24, 2.45) is 0 Å². The highest BCUT2D eigenvalue weighted by atomic mass is 14.7. The average Bonchev–Trinajstić information content (AvgIpc) is 2.69. The summed E-state index contributed by atoms with van der Waals surface area (Å²) in [6, 6.07) is 8.57. The summed E-state index contributed by atoms with van der Waals surface area (Å²) < 4.78 is 0. The third-order valence-electron chi connectivity index (χ3n) is 3.58. The zero-order chi connectivity index (χ0) is 11.0. The number of aromatic amines is 1. The van der Waals surface area contributed by atoms with Gasteiger partial charge in [0.15, 0.2) is 0 Å². The van der Waals surface area contributed by atoms with Crippen LogP contribution in [0.15, 0.2) is 30.3 Å². The van der Waals surface area contributed by atoms with Crippen molar-refractivity contribution >= 4 is 16.5 Å². The van der Waals surface area contributed by atoms with Gasteiger partial charge in [-0.05, 0) is 49.8 Å². The van der Waals surface area contributed by atoms with Gasteiger partial charge in [0.2, 0.25) is 0 Å². The number of aromatic nitrogens is 1. The van der Waals surface area contributed by atoms with Crippen LogP contribution in [0.4, 0.5) is 0 Å². The van der Waals surface area contributed by atoms with Crippen molar-refractivity contribution in [3.05, 3.63) is 41.6 Å². The minimum Gasteiger partial charge on any atom is -0.355 e. The lowest BCUT2D eigenvalue weighted by Crippen LogP contribution is -1.93. The molecule has 0 aliphatic heterocycles. The van der Waals surface area contributed by atoms with Gasteiger partial charge in [0, 0.05) is 16.6 Å². The summed E-state index contributed by atoms with van der Waals surface area (Å²) in [5.41, 5.74) is 5.55. The molecule has 3 rings (SSSR count). The number of benzene rings is 1. The molecule has 0 amide bonds. The second-order valence-electron chi connectivity index (χ2n) is 4.65. The maximum absolute atomic E-state index is 3.57. The molecule has 2 aromatic rings. The van der Waals surface area contributed by atoms with E-state index in [0.29, 0.717) is 0 Å². The van der Waals surface area contributed by atoms with Crippen molar-refractivity contribution in [1.29, 1.82) is 0 Å². The first kappa shape index (κ1) is 9.71. The van der Waals surface area contributed by atoms with Gasteiger partial charge in [-0.25, -0.2) is 0 Å². The first-order valence-electron chi connectivity index (χ1n) is 6.13. The molecule has 1 aromatic heterocycles. The van der Waals surface area contributed by atoms with Crippen LogP contribution in [0.25, 0.3) is 16.5 Å². The van der Waals surface area contributed by atoms with Crippen molar-refractivity contribution in [2.45, 2.75) is 32.6 Å². The largest absolute Gasteiger partial charge is 0.355 e. The topological polar surface area (TPSA) is 15.8 Å². The second-order valence-corrected chi connectivity index (χ2v) is 4.65. The molecule has 1 heterocycles. The Morgan fingerprint density at radius 1 is 1.12 bits per heavy atom. The van der Waals surface area contributed by atoms with Crippen LogP contribution >= 0.6 is 0 Å². The van der Waals surface area contributed by atoms with Crippen LogP contribution < -0.4 is 0 Å². The Morgan fingerprint density at radius 2 is 2.00 bits per heavy atom. The maximum Gasteiger partial charge on any atom is 0.0461 e. The average molecular weight is 211 g/mol. The standard InChI is InChI=1S/C15H17N/c1-11-13-9-5-6-10-14(13)16-15(11)12-7-3-2-4-8-12/h5-7,9-10,16H,2-4,8H2,1H3. The lowest BCUT2D eigenvalue weighted by atomic mass is 9.95. The molecule has 82 valence electrons. The van der Waals surface area contributed by atoms with E-state index < -0.39 is 0 Å². The van der Waals surface area contributed by atoms with Crippen LogP contribution in [-0.4, -0.2) is 4.98 Å². The lowest BCUT2D eigenvalue weighted by Gasteiger charge is -2.12. The Labute approximate surface area is 96.2 Å². The van der Waals surface area contributed by atoms with Gasteiger partial charge in [0.05, 0.1) is 0 Å². The molecule has 1 nitrogen and oxygen atoms in total. The van der Waals surface area contributed by atoms with Crippen LogP contribution in [0.5, 0.6) is 0 Å². The Morgan fingerprint density at radius 3 is 2.75 bits per heavy atom. The van der Waals surface area contributed by atoms with Gasteiger partial charge >= 0.3 is 0 Å². The third-order valence-corrected chi connectivity index (χ3v) is 3.58. The number of fused-ring (bicyclic) bond motifs is 1. The molecule has 0 saturated carbocycles. The summed E-state index contributed by atoms with van der Waals surface area (Å²) in [6.07, 6.45) is 7.56. The summed E-state index contributed by atoms with van der Waals surface area (Å²) in [5.74, 6) is 0. The molecular formula is C15H17N. The van der Waals surface area contributed by atoms with E-state index in [4.69, 9.17) is 0 Å². The zero-order valence-electron chi connectivity index (χ0n) is 9.72. The van der Waals surface area contributed by atoms with Crippen molar-refractivity contribution in [2.75, 3.05) is 0 Å². The van der Waals surface area contributed by atoms with E-state index >= 15 is 0 Å². The quantitative estimate of drug-likeness (QED) is 0.718. The molecule has 0 bridgehead atoms. The van der Waals surface area contributed by atoms with Gasteiger partial charge in [-0.15, -0.1) is 0 Å². The molecule has 0 unspecified atom stereocenters. The van der Waals surface area contributed by atoms with Crippen molar-refractivity contribution in [3.8, 4) is 0 Å². The molecule has 1 aliphatic rings. The molecule has 1 aliphatic carbocycles. The fourth-order valence-electron chi connectivity index (χ4n) is 2.67. The van der Waals surface area contributed by atoms with E-state index in [2.05, 4.69) is 42.2 Å². The highest BCUT2D eigenvalue weighted by Gasteiger charge is 2.12. The number of rotatable bonds is 1. The highest BCUT2D eigenvalue weighted by molar-refractivity contribution is 5.89. The summed E-state index contributed by atoms with van der Waals surface area (Å²) in [4.78, 5) is 3.57. The summed E-state index contributed by atoms with van der Waals surface area (Å²) in [7, 11) is 0. The van der Waals surface area contributed by atoms with Crippen molar-refractivity contribution < 1.29 is 0 Å². The van der Waals surface area contributed by atoms with E-state index in [0.717, 1.165) is 0 Å². The molecule has 0 saturated heterocycles. The Kier molecular flexibility index (Phi) is 2.32. The predicted molar refractivity (Wildman–Crippen MR) is 69.5 cm³/mol. The van der Waals surface area contributed by atoms with Gasteiger partial charge in [-0.3, -0.25) is 0 Å². The molecular weight excluding hydrogens is 194 g/mol. The minimum absolute atomic E-state index is 1.23. The van der Waals surface area contributed by atoms with Crippen LogP contribution in [0.1, 0.15) is 36.9 Å². The molecule has 0 radical (unpaired) electrons. The number of hydrogen-bond donors (Lipinski definition) is 1. The highest BCUT2D eigenvalue weighted by Crippen LogP contribution is 2.31. The van der Waals surface area contributed by atoms with Gasteiger partial charge in [0.1, 0.15) is 0 Å². The fraction of sp³-hybridized carbons (Fsp3) is 0.333. The van der Waals surface area contributed by atoms with E-state index in [1.807, 2.05) is 0 Å². The number of H-pyrrole nitrogens is 1. The fourth-order valence-corrected chi connectivity index (χ4v) is 2.67. The summed E-state index contributed by atoms with van der Waals surface area (Å²) in [6.45, 7) is 2.23. The normalized spacial score (nSPS) is 16.4. The minimum atomic E-state index is 1.23. The molecule has 16 heavy (non-hydrogen) atoms. The van der Waals surface area contributed by atoms with Crippen LogP contribution in [0.3, 0.4) is 0 Å². The second kappa shape index (κ2) is 3.82. The first-order chi connectivity index (χ1) is 7.86. The monoisotopic (exact) mass is 211 g/mol. The molecule has 1 N–H and O–H groups in total. The molecule has 0 spiro atoms. The van der Waals surface area contributed by atoms with Crippen LogP contribution in [0, 0.1) is 6.92 Å². The van der Waals surface area contributed by atoms with Gasteiger partial charge < -0.3 is 4.98 Å². The van der Waals surface area contributed by atoms with E-state index in [1.54, 1.807) is 0 Å². The van der Waals surface area contributed by atoms with Gasteiger partial charge in [-0.1, -0.05) is 24.3 Å². The molecule has 0 fully saturated rings. The zero-order valence-corrected chi connectivity index (χ0v) is 9.72. The number of allylic oxidation sites excluding steroid dienone is 2. The van der Waals surface area contributed by atoms with Gasteiger partial charge in [-0.2, -0.15) is 0 Å². The lowest BCUT2D eigenvalue weighted by molar-refractivity contribution is 0.740. The number of hydrogen-bond acceptors (Lipinski definition) is 0. The third kappa shape index (κ3) is 1.47. The van der Waals surface area contributed by atoms with E-state index in [-0.39, 0.29) is 0 Å². The number of aryl methyl sites for hydroxylation is 1. The van der Waals surface area contributed by atoms with Gasteiger partial charge in [0.25, 0.3) is 0 Å². The Balaban J connectivity index is 2.16. The first-order valence-corrected chi connectivity index (χ1v) is 6.13. The smallest absolute Gasteiger partial charge is 0.0461 e. The number of nitrogens with one attached hydrogen (secondary N) is 1. The van der Waals surface area contributed by atoms with Crippen molar-refractivity contribution in [3.63, 3.8) is 0 Å². The number of para-hydroxylation sites is 1. The van der Waals surface area contributed by atoms with Crippen LogP contribution in [0.2, 0.25) is 0 Å². The molecule has 1 aromatic carbocycles. The Hall–Kier alpha value is -1.50. The SMILES string of the molecule is Cc1c(C2=CCCCC2)[nH]c2ccccc12. The summed E-state index contributed by atoms with van der Waals surface area (Å²) in [5, 5.41) is 1.36. The predicted octanol–water partition coefficient (Wildman–Crippen LogP) is 4.43. The van der Waals surface area contributed by atoms with E-state index in [9.17, 15) is 0 Å². The Bertz CT molecular complexity index is 546. The van der Waals surface area contributed by atoms with Crippen molar-refractivity contribution in [1.82, 2.24) is 4.98 Å². The van der Waals surface area contributed by atoms with E-state index in [1.165, 1.54) is 53.4 Å². The van der Waals surface area contributed by atoms with Crippen LogP contribution in [-0.2, 0) is 0 Å². The maximum atomic E-state index is 3.57.